The molecular formula is C11H19NO2. The molecule has 1 aliphatic heterocycles. The minimum absolute atomic E-state index is 0.0868. The van der Waals surface area contributed by atoms with Crippen molar-refractivity contribution < 1.29 is 9.53 Å². The Labute approximate surface area is 85.4 Å². The summed E-state index contributed by atoms with van der Waals surface area (Å²) >= 11 is 0. The first-order chi connectivity index (χ1) is 6.81. The lowest BCUT2D eigenvalue weighted by atomic mass is 9.85. The Morgan fingerprint density at radius 3 is 2.93 bits per heavy atom. The summed E-state index contributed by atoms with van der Waals surface area (Å²) in [5, 5.41) is 0. The quantitative estimate of drug-likeness (QED) is 0.627. The van der Waals surface area contributed by atoms with E-state index in [4.69, 9.17) is 4.74 Å². The van der Waals surface area contributed by atoms with E-state index in [1.807, 2.05) is 0 Å². The van der Waals surface area contributed by atoms with Crippen LogP contribution < -0.4 is 0 Å². The van der Waals surface area contributed by atoms with Crippen molar-refractivity contribution in [3.05, 3.63) is 0 Å². The molecule has 2 rings (SSSR count). The van der Waals surface area contributed by atoms with E-state index in [1.165, 1.54) is 39.2 Å². The maximum absolute atomic E-state index is 11.2. The third-order valence-electron chi connectivity index (χ3n) is 3.68. The van der Waals surface area contributed by atoms with Crippen LogP contribution in [0.3, 0.4) is 0 Å². The molecule has 0 amide bonds. The SMILES string of the molecule is COC(=O)CN1CCC2CCCCC21. The molecule has 1 aliphatic carbocycles. The number of esters is 1. The molecule has 0 aromatic heterocycles. The van der Waals surface area contributed by atoms with E-state index in [9.17, 15) is 4.79 Å². The normalized spacial score (nSPS) is 32.6. The Morgan fingerprint density at radius 2 is 2.14 bits per heavy atom. The van der Waals surface area contributed by atoms with Gasteiger partial charge in [0.1, 0.15) is 0 Å². The highest BCUT2D eigenvalue weighted by molar-refractivity contribution is 5.71. The molecule has 0 radical (unpaired) electrons. The van der Waals surface area contributed by atoms with Crippen LogP contribution in [0.15, 0.2) is 0 Å². The van der Waals surface area contributed by atoms with Gasteiger partial charge in [0, 0.05) is 6.04 Å². The molecule has 0 aromatic rings. The van der Waals surface area contributed by atoms with Crippen molar-refractivity contribution in [1.29, 1.82) is 0 Å². The molecule has 0 N–H and O–H groups in total. The van der Waals surface area contributed by atoms with Crippen LogP contribution in [-0.4, -0.2) is 37.1 Å². The fourth-order valence-electron chi connectivity index (χ4n) is 2.93. The molecule has 0 bridgehead atoms. The van der Waals surface area contributed by atoms with E-state index in [1.54, 1.807) is 0 Å². The van der Waals surface area contributed by atoms with Crippen molar-refractivity contribution in [3.8, 4) is 0 Å². The zero-order chi connectivity index (χ0) is 9.97. The number of carbonyl (C=O) groups excluding carboxylic acids is 1. The molecule has 2 atom stereocenters. The molecular weight excluding hydrogens is 178 g/mol. The van der Waals surface area contributed by atoms with Crippen molar-refractivity contribution in [2.75, 3.05) is 20.2 Å². The lowest BCUT2D eigenvalue weighted by Crippen LogP contribution is -2.38. The molecule has 1 saturated carbocycles. The number of likely N-dealkylation sites (tertiary alicyclic amines) is 1. The van der Waals surface area contributed by atoms with Gasteiger partial charge in [-0.25, -0.2) is 0 Å². The van der Waals surface area contributed by atoms with Crippen LogP contribution in [0.1, 0.15) is 32.1 Å². The predicted molar refractivity (Wildman–Crippen MR) is 54.0 cm³/mol. The van der Waals surface area contributed by atoms with Crippen LogP contribution in [0.25, 0.3) is 0 Å². The monoisotopic (exact) mass is 197 g/mol. The maximum atomic E-state index is 11.2. The zero-order valence-corrected chi connectivity index (χ0v) is 8.87. The number of methoxy groups -OCH3 is 1. The average Bonchev–Trinajstić information content (AvgIpc) is 2.62. The van der Waals surface area contributed by atoms with Gasteiger partial charge in [-0.05, 0) is 31.7 Å². The van der Waals surface area contributed by atoms with Gasteiger partial charge in [0.25, 0.3) is 0 Å². The molecule has 3 heteroatoms. The second-order valence-corrected chi connectivity index (χ2v) is 4.45. The van der Waals surface area contributed by atoms with Gasteiger partial charge in [0.15, 0.2) is 0 Å². The largest absolute Gasteiger partial charge is 0.468 e. The lowest BCUT2D eigenvalue weighted by Gasteiger charge is -2.30. The van der Waals surface area contributed by atoms with Gasteiger partial charge < -0.3 is 4.74 Å². The van der Waals surface area contributed by atoms with Crippen molar-refractivity contribution in [1.82, 2.24) is 4.90 Å². The summed E-state index contributed by atoms with van der Waals surface area (Å²) in [6.07, 6.45) is 6.64. The summed E-state index contributed by atoms with van der Waals surface area (Å²) in [7, 11) is 1.47. The van der Waals surface area contributed by atoms with Gasteiger partial charge in [-0.1, -0.05) is 12.8 Å². The Balaban J connectivity index is 1.90. The van der Waals surface area contributed by atoms with Gasteiger partial charge in [-0.15, -0.1) is 0 Å². The summed E-state index contributed by atoms with van der Waals surface area (Å²) in [5.74, 6) is 0.768. The second kappa shape index (κ2) is 4.30. The Bertz CT molecular complexity index is 217. The van der Waals surface area contributed by atoms with Crippen molar-refractivity contribution in [2.24, 2.45) is 5.92 Å². The first kappa shape index (κ1) is 9.97. The summed E-state index contributed by atoms with van der Waals surface area (Å²) in [5.41, 5.74) is 0. The Hall–Kier alpha value is -0.570. The first-order valence-electron chi connectivity index (χ1n) is 5.62. The van der Waals surface area contributed by atoms with Crippen molar-refractivity contribution in [2.45, 2.75) is 38.1 Å². The summed E-state index contributed by atoms with van der Waals surface area (Å²) in [4.78, 5) is 13.5. The van der Waals surface area contributed by atoms with Crippen LogP contribution >= 0.6 is 0 Å². The highest BCUT2D eigenvalue weighted by Crippen LogP contribution is 2.35. The first-order valence-corrected chi connectivity index (χ1v) is 5.62. The number of hydrogen-bond donors (Lipinski definition) is 0. The average molecular weight is 197 g/mol. The van der Waals surface area contributed by atoms with E-state index in [0.29, 0.717) is 12.6 Å². The number of carbonyl (C=O) groups is 1. The highest BCUT2D eigenvalue weighted by atomic mass is 16.5. The van der Waals surface area contributed by atoms with E-state index >= 15 is 0 Å². The third kappa shape index (κ3) is 1.92. The van der Waals surface area contributed by atoms with Gasteiger partial charge in [-0.2, -0.15) is 0 Å². The minimum atomic E-state index is -0.0868. The van der Waals surface area contributed by atoms with E-state index in [0.717, 1.165) is 12.5 Å². The maximum Gasteiger partial charge on any atom is 0.319 e. The van der Waals surface area contributed by atoms with E-state index in [-0.39, 0.29) is 5.97 Å². The molecule has 80 valence electrons. The topological polar surface area (TPSA) is 29.5 Å². The molecule has 1 saturated heterocycles. The molecule has 0 aromatic carbocycles. The predicted octanol–water partition coefficient (Wildman–Crippen LogP) is 1.42. The summed E-state index contributed by atoms with van der Waals surface area (Å²) in [6.45, 7) is 1.59. The number of nitrogens with zero attached hydrogens (tertiary/aromatic N) is 1. The second-order valence-electron chi connectivity index (χ2n) is 4.45. The van der Waals surface area contributed by atoms with E-state index < -0.39 is 0 Å². The molecule has 14 heavy (non-hydrogen) atoms. The number of fused-ring (bicyclic) bond motifs is 1. The van der Waals surface area contributed by atoms with Crippen LogP contribution in [0.5, 0.6) is 0 Å². The summed E-state index contributed by atoms with van der Waals surface area (Å²) < 4.78 is 4.71. The van der Waals surface area contributed by atoms with Gasteiger partial charge in [0.05, 0.1) is 13.7 Å². The zero-order valence-electron chi connectivity index (χ0n) is 8.87. The molecule has 0 spiro atoms. The van der Waals surface area contributed by atoms with Gasteiger partial charge in [-0.3, -0.25) is 9.69 Å². The van der Waals surface area contributed by atoms with E-state index in [2.05, 4.69) is 4.90 Å². The Kier molecular flexibility index (Phi) is 3.06. The number of hydrogen-bond acceptors (Lipinski definition) is 3. The van der Waals surface area contributed by atoms with Crippen molar-refractivity contribution in [3.63, 3.8) is 0 Å². The van der Waals surface area contributed by atoms with Crippen LogP contribution in [-0.2, 0) is 9.53 Å². The number of rotatable bonds is 2. The third-order valence-corrected chi connectivity index (χ3v) is 3.68. The molecule has 3 nitrogen and oxygen atoms in total. The standard InChI is InChI=1S/C11H19NO2/c1-14-11(13)8-12-7-6-9-4-2-3-5-10(9)12/h9-10H,2-8H2,1H3. The molecule has 2 fully saturated rings. The number of ether oxygens (including phenoxy) is 1. The highest BCUT2D eigenvalue weighted by Gasteiger charge is 2.36. The fourth-order valence-corrected chi connectivity index (χ4v) is 2.93. The Morgan fingerprint density at radius 1 is 1.36 bits per heavy atom. The van der Waals surface area contributed by atoms with Gasteiger partial charge in [0.2, 0.25) is 0 Å². The molecule has 2 unspecified atom stereocenters. The lowest BCUT2D eigenvalue weighted by molar-refractivity contribution is -0.142. The molecule has 2 aliphatic rings. The fraction of sp³-hybridized carbons (Fsp3) is 0.909. The van der Waals surface area contributed by atoms with Crippen molar-refractivity contribution >= 4 is 5.97 Å². The summed E-state index contributed by atoms with van der Waals surface area (Å²) in [6, 6.07) is 0.669. The van der Waals surface area contributed by atoms with Crippen LogP contribution in [0.4, 0.5) is 0 Å². The minimum Gasteiger partial charge on any atom is -0.468 e. The molecule has 1 heterocycles. The van der Waals surface area contributed by atoms with Crippen LogP contribution in [0, 0.1) is 5.92 Å². The smallest absolute Gasteiger partial charge is 0.319 e. The van der Waals surface area contributed by atoms with Gasteiger partial charge >= 0.3 is 5.97 Å². The van der Waals surface area contributed by atoms with Crippen LogP contribution in [0.2, 0.25) is 0 Å².